The zero-order valence-electron chi connectivity index (χ0n) is 15.8. The Hall–Kier alpha value is -3.43. The molecule has 4 N–H and O–H groups in total. The number of nitrogens with two attached hydrogens (primary N) is 1. The molecule has 0 radical (unpaired) electrons. The number of alkyl halides is 3. The largest absolute Gasteiger partial charge is 0.507 e. The topological polar surface area (TPSA) is 101 Å². The molecule has 0 amide bonds. The highest BCUT2D eigenvalue weighted by Gasteiger charge is 2.29. The normalized spacial score (nSPS) is 12.6. The van der Waals surface area contributed by atoms with Crippen LogP contribution in [0.2, 0.25) is 0 Å². The summed E-state index contributed by atoms with van der Waals surface area (Å²) in [4.78, 5) is 5.18. The first kappa shape index (κ1) is 21.9. The van der Waals surface area contributed by atoms with Crippen LogP contribution >= 0.6 is 0 Å². The number of benzene rings is 2. The third kappa shape index (κ3) is 6.30. The number of hydrazone groups is 1. The second-order valence-electron chi connectivity index (χ2n) is 5.94. The van der Waals surface area contributed by atoms with Crippen molar-refractivity contribution in [1.82, 2.24) is 5.32 Å². The van der Waals surface area contributed by atoms with Crippen LogP contribution in [0, 0.1) is 0 Å². The molecule has 0 saturated heterocycles. The number of ether oxygens (including phenoxy) is 1. The predicted octanol–water partition coefficient (Wildman–Crippen LogP) is 3.22. The lowest BCUT2D eigenvalue weighted by atomic mass is 10.1. The minimum atomic E-state index is -4.38. The molecule has 2 rings (SSSR count). The van der Waals surface area contributed by atoms with E-state index >= 15 is 0 Å². The van der Waals surface area contributed by atoms with Crippen molar-refractivity contribution in [3.63, 3.8) is 0 Å². The summed E-state index contributed by atoms with van der Waals surface area (Å²) in [5.41, 5.74) is 0.614. The fourth-order valence-electron chi connectivity index (χ4n) is 2.28. The monoisotopic (exact) mass is 410 g/mol. The van der Waals surface area contributed by atoms with Crippen molar-refractivity contribution >= 4 is 11.5 Å². The predicted molar refractivity (Wildman–Crippen MR) is 103 cm³/mol. The van der Waals surface area contributed by atoms with Crippen LogP contribution in [0.5, 0.6) is 11.5 Å². The smallest absolute Gasteiger partial charge is 0.416 e. The van der Waals surface area contributed by atoms with E-state index in [2.05, 4.69) is 15.6 Å². The van der Waals surface area contributed by atoms with Gasteiger partial charge in [-0.25, -0.2) is 0 Å². The Morgan fingerprint density at radius 2 is 1.86 bits per heavy atom. The number of aromatic hydroxyl groups is 1. The molecule has 0 atom stereocenters. The molecule has 0 heterocycles. The summed E-state index contributed by atoms with van der Waals surface area (Å²) in [5, 5.41) is 20.3. The Morgan fingerprint density at radius 3 is 2.41 bits per heavy atom. The van der Waals surface area contributed by atoms with E-state index in [9.17, 15) is 18.3 Å². The van der Waals surface area contributed by atoms with Gasteiger partial charge in [0.2, 0.25) is 0 Å². The number of hydrogen-bond donors (Lipinski definition) is 3. The summed E-state index contributed by atoms with van der Waals surface area (Å²) in [7, 11) is 1.65. The van der Waals surface area contributed by atoms with Gasteiger partial charge in [-0.15, -0.1) is 0 Å². The van der Waals surface area contributed by atoms with Crippen molar-refractivity contribution in [3.05, 3.63) is 59.2 Å². The molecule has 29 heavy (non-hydrogen) atoms. The van der Waals surface area contributed by atoms with Gasteiger partial charge >= 0.3 is 6.18 Å². The summed E-state index contributed by atoms with van der Waals surface area (Å²) in [6, 6.07) is 9.25. The van der Waals surface area contributed by atoms with Gasteiger partial charge in [-0.1, -0.05) is 17.3 Å². The van der Waals surface area contributed by atoms with Crippen LogP contribution in [-0.2, 0) is 17.6 Å². The van der Waals surface area contributed by atoms with E-state index in [1.807, 2.05) is 0 Å². The first-order chi connectivity index (χ1) is 13.7. The zero-order valence-corrected chi connectivity index (χ0v) is 15.8. The highest BCUT2D eigenvalue weighted by molar-refractivity contribution is 6.00. The number of nitrogens with zero attached hydrogens (tertiary/aromatic N) is 2. The van der Waals surface area contributed by atoms with Crippen LogP contribution in [-0.4, -0.2) is 30.3 Å². The number of halogens is 3. The molecule has 10 heteroatoms. The highest BCUT2D eigenvalue weighted by Crippen LogP contribution is 2.29. The number of oxime groups is 1. The average molecular weight is 410 g/mol. The number of phenols is 1. The van der Waals surface area contributed by atoms with Crippen molar-refractivity contribution in [1.29, 1.82) is 0 Å². The molecule has 2 aromatic rings. The van der Waals surface area contributed by atoms with E-state index in [-0.39, 0.29) is 19.0 Å². The fourth-order valence-corrected chi connectivity index (χ4v) is 2.28. The molecule has 2 aromatic carbocycles. The molecule has 0 aliphatic carbocycles. The molecule has 0 aliphatic rings. The van der Waals surface area contributed by atoms with Crippen molar-refractivity contribution in [3.8, 4) is 11.5 Å². The molecule has 0 saturated carbocycles. The highest BCUT2D eigenvalue weighted by atomic mass is 19.4. The number of phenolic OH excluding ortho intramolecular Hbond substituents is 1. The minimum absolute atomic E-state index is 0.0113. The third-order valence-corrected chi connectivity index (χ3v) is 3.89. The van der Waals surface area contributed by atoms with Gasteiger partial charge in [0, 0.05) is 18.7 Å². The van der Waals surface area contributed by atoms with Gasteiger partial charge < -0.3 is 25.8 Å². The lowest BCUT2D eigenvalue weighted by molar-refractivity contribution is -0.137. The third-order valence-electron chi connectivity index (χ3n) is 3.89. The second-order valence-corrected chi connectivity index (χ2v) is 5.94. The molecule has 0 unspecified atom stereocenters. The molecule has 0 aromatic heterocycles. The van der Waals surface area contributed by atoms with E-state index in [4.69, 9.17) is 15.4 Å². The summed E-state index contributed by atoms with van der Waals surface area (Å²) in [6.45, 7) is 1.72. The Kier molecular flexibility index (Phi) is 7.29. The van der Waals surface area contributed by atoms with Crippen molar-refractivity contribution in [2.75, 3.05) is 13.7 Å². The number of hydrogen-bond acceptors (Lipinski definition) is 6. The molecule has 7 nitrogen and oxygen atoms in total. The van der Waals surface area contributed by atoms with Crippen LogP contribution in [0.3, 0.4) is 0 Å². The van der Waals surface area contributed by atoms with Gasteiger partial charge in [0.25, 0.3) is 0 Å². The molecule has 0 bridgehead atoms. The Bertz CT molecular complexity index is 881. The van der Waals surface area contributed by atoms with Gasteiger partial charge in [-0.3, -0.25) is 0 Å². The molecule has 0 fully saturated rings. The molecule has 0 aliphatic heterocycles. The van der Waals surface area contributed by atoms with Crippen LogP contribution in [0.25, 0.3) is 0 Å². The van der Waals surface area contributed by atoms with Crippen molar-refractivity contribution in [2.45, 2.75) is 19.7 Å². The number of amidine groups is 1. The van der Waals surface area contributed by atoms with Gasteiger partial charge in [0.05, 0.1) is 11.3 Å². The molecular formula is C19H21F3N4O3. The van der Waals surface area contributed by atoms with Gasteiger partial charge in [-0.2, -0.15) is 18.3 Å². The van der Waals surface area contributed by atoms with Crippen LogP contribution < -0.4 is 15.9 Å². The van der Waals surface area contributed by atoms with Crippen LogP contribution in [0.4, 0.5) is 13.2 Å². The van der Waals surface area contributed by atoms with Gasteiger partial charge in [-0.05, 0) is 36.8 Å². The lowest BCUT2D eigenvalue weighted by Gasteiger charge is -2.10. The molecular weight excluding hydrogens is 389 g/mol. The summed E-state index contributed by atoms with van der Waals surface area (Å²) < 4.78 is 43.1. The minimum Gasteiger partial charge on any atom is -0.507 e. The second kappa shape index (κ2) is 9.67. The van der Waals surface area contributed by atoms with Gasteiger partial charge in [0.15, 0.2) is 5.84 Å². The van der Waals surface area contributed by atoms with Crippen LogP contribution in [0.1, 0.15) is 23.6 Å². The Balaban J connectivity index is 1.97. The lowest BCUT2D eigenvalue weighted by Crippen LogP contribution is -2.26. The zero-order chi connectivity index (χ0) is 21.4. The summed E-state index contributed by atoms with van der Waals surface area (Å²) in [5.74, 6) is 5.94. The maximum Gasteiger partial charge on any atom is 0.416 e. The summed E-state index contributed by atoms with van der Waals surface area (Å²) in [6.07, 6.45) is -4.38. The first-order valence-corrected chi connectivity index (χ1v) is 8.48. The maximum atomic E-state index is 12.6. The van der Waals surface area contributed by atoms with Gasteiger partial charge in [0.1, 0.15) is 24.7 Å². The van der Waals surface area contributed by atoms with Crippen molar-refractivity contribution < 1.29 is 27.9 Å². The molecule has 156 valence electrons. The van der Waals surface area contributed by atoms with Crippen LogP contribution in [0.15, 0.2) is 52.7 Å². The Morgan fingerprint density at radius 1 is 1.17 bits per heavy atom. The number of rotatable bonds is 7. The molecule has 0 spiro atoms. The fraction of sp³-hybridized carbons (Fsp3) is 0.263. The standard InChI is InChI=1S/C19H21F3N4O3/c1-12(26-29-10-13-3-5-14(6-4-13)19(20,21)22)16-8-7-15(9-17(16)27)28-11-18(24-2)25-23/h3-9,27H,10-11,23H2,1-2H3,(H,24,25)/b26-12+. The van der Waals surface area contributed by atoms with E-state index in [1.54, 1.807) is 26.1 Å². The number of nitrogens with one attached hydrogen (secondary N) is 1. The van der Waals surface area contributed by atoms with E-state index in [0.29, 0.717) is 28.4 Å². The Labute approximate surface area is 165 Å². The maximum absolute atomic E-state index is 12.6. The van der Waals surface area contributed by atoms with E-state index in [0.717, 1.165) is 12.1 Å². The first-order valence-electron chi connectivity index (χ1n) is 8.48. The van der Waals surface area contributed by atoms with Crippen molar-refractivity contribution in [2.24, 2.45) is 16.1 Å². The quantitative estimate of drug-likeness (QED) is 0.282. The summed E-state index contributed by atoms with van der Waals surface area (Å²) >= 11 is 0. The number of likely N-dealkylation sites (N-methyl/N-ethyl adjacent to an activating group) is 1. The average Bonchev–Trinajstić information content (AvgIpc) is 2.68. The van der Waals surface area contributed by atoms with E-state index in [1.165, 1.54) is 18.2 Å². The van der Waals surface area contributed by atoms with E-state index < -0.39 is 11.7 Å². The SMILES string of the molecule is CN/C(COc1ccc(/C(C)=N/OCc2ccc(C(F)(F)F)cc2)c(O)c1)=N\N.